The zero-order valence-electron chi connectivity index (χ0n) is 8.97. The standard InChI is InChI=1S/C10H16N2O3/c1-6-8(7(2)15-11-6)3-12-4-9(13)10(14)5-12/h9-10,13-14H,3-5H2,1-2H3. The zero-order valence-corrected chi connectivity index (χ0v) is 8.97. The van der Waals surface area contributed by atoms with Gasteiger partial charge in [-0.05, 0) is 13.8 Å². The highest BCUT2D eigenvalue weighted by Gasteiger charge is 2.30. The maximum absolute atomic E-state index is 9.40. The summed E-state index contributed by atoms with van der Waals surface area (Å²) in [4.78, 5) is 2.00. The molecule has 0 spiro atoms. The molecule has 1 aliphatic rings. The average Bonchev–Trinajstić information content (AvgIpc) is 2.64. The minimum atomic E-state index is -0.634. The summed E-state index contributed by atoms with van der Waals surface area (Å²) in [7, 11) is 0. The smallest absolute Gasteiger partial charge is 0.138 e. The topological polar surface area (TPSA) is 69.7 Å². The maximum atomic E-state index is 9.40. The van der Waals surface area contributed by atoms with Gasteiger partial charge >= 0.3 is 0 Å². The summed E-state index contributed by atoms with van der Waals surface area (Å²) >= 11 is 0. The Morgan fingerprint density at radius 1 is 1.33 bits per heavy atom. The molecule has 1 aromatic rings. The van der Waals surface area contributed by atoms with Crippen molar-refractivity contribution >= 4 is 0 Å². The van der Waals surface area contributed by atoms with E-state index >= 15 is 0 Å². The summed E-state index contributed by atoms with van der Waals surface area (Å²) < 4.78 is 5.06. The third kappa shape index (κ3) is 2.04. The second-order valence-corrected chi connectivity index (χ2v) is 4.13. The average molecular weight is 212 g/mol. The largest absolute Gasteiger partial charge is 0.389 e. The normalized spacial score (nSPS) is 27.5. The number of nitrogens with zero attached hydrogens (tertiary/aromatic N) is 2. The second kappa shape index (κ2) is 3.92. The van der Waals surface area contributed by atoms with Gasteiger partial charge in [-0.3, -0.25) is 4.90 Å². The summed E-state index contributed by atoms with van der Waals surface area (Å²) in [6.07, 6.45) is -1.27. The van der Waals surface area contributed by atoms with Crippen LogP contribution in [0.15, 0.2) is 4.52 Å². The molecule has 84 valence electrons. The Balaban J connectivity index is 2.04. The summed E-state index contributed by atoms with van der Waals surface area (Å²) in [5, 5.41) is 22.7. The Morgan fingerprint density at radius 3 is 2.40 bits per heavy atom. The van der Waals surface area contributed by atoms with Crippen LogP contribution in [-0.2, 0) is 6.54 Å². The van der Waals surface area contributed by atoms with Crippen molar-refractivity contribution in [2.24, 2.45) is 0 Å². The van der Waals surface area contributed by atoms with Gasteiger partial charge in [0.05, 0.1) is 17.9 Å². The van der Waals surface area contributed by atoms with E-state index in [4.69, 9.17) is 4.52 Å². The van der Waals surface area contributed by atoms with Crippen LogP contribution in [-0.4, -0.2) is 45.6 Å². The molecule has 2 rings (SSSR count). The van der Waals surface area contributed by atoms with Crippen LogP contribution in [0.3, 0.4) is 0 Å². The molecule has 1 aliphatic heterocycles. The van der Waals surface area contributed by atoms with E-state index in [2.05, 4.69) is 5.16 Å². The molecule has 0 radical (unpaired) electrons. The molecule has 1 fully saturated rings. The van der Waals surface area contributed by atoms with Crippen LogP contribution in [0.5, 0.6) is 0 Å². The van der Waals surface area contributed by atoms with Crippen molar-refractivity contribution in [3.8, 4) is 0 Å². The molecule has 2 unspecified atom stereocenters. The first-order valence-electron chi connectivity index (χ1n) is 5.08. The van der Waals surface area contributed by atoms with E-state index in [1.54, 1.807) is 0 Å². The van der Waals surface area contributed by atoms with E-state index in [1.165, 1.54) is 0 Å². The third-order valence-electron chi connectivity index (χ3n) is 2.90. The molecule has 5 nitrogen and oxygen atoms in total. The predicted octanol–water partition coefficient (Wildman–Crippen LogP) is -0.171. The minimum absolute atomic E-state index is 0.505. The lowest BCUT2D eigenvalue weighted by atomic mass is 10.2. The van der Waals surface area contributed by atoms with Gasteiger partial charge in [0.1, 0.15) is 5.76 Å². The quantitative estimate of drug-likeness (QED) is 0.712. The number of aliphatic hydroxyl groups excluding tert-OH is 2. The number of β-amino-alcohol motifs (C(OH)–C–C–N with tert-alkyl or cyclic N) is 2. The molecule has 0 amide bonds. The van der Waals surface area contributed by atoms with E-state index in [9.17, 15) is 10.2 Å². The van der Waals surface area contributed by atoms with E-state index in [0.29, 0.717) is 19.6 Å². The van der Waals surface area contributed by atoms with Gasteiger partial charge in [0.25, 0.3) is 0 Å². The van der Waals surface area contributed by atoms with Crippen molar-refractivity contribution in [3.63, 3.8) is 0 Å². The fourth-order valence-corrected chi connectivity index (χ4v) is 1.93. The molecule has 0 aliphatic carbocycles. The van der Waals surface area contributed by atoms with Crippen LogP contribution >= 0.6 is 0 Å². The Kier molecular flexibility index (Phi) is 2.77. The lowest BCUT2D eigenvalue weighted by molar-refractivity contribution is 0.0572. The zero-order chi connectivity index (χ0) is 11.0. The molecule has 0 aromatic carbocycles. The first-order valence-corrected chi connectivity index (χ1v) is 5.08. The summed E-state index contributed by atoms with van der Waals surface area (Å²) in [5.41, 5.74) is 1.93. The predicted molar refractivity (Wildman–Crippen MR) is 53.3 cm³/mol. The van der Waals surface area contributed by atoms with Gasteiger partial charge in [0.2, 0.25) is 0 Å². The van der Waals surface area contributed by atoms with E-state index in [0.717, 1.165) is 17.0 Å². The number of aryl methyl sites for hydroxylation is 2. The third-order valence-corrected chi connectivity index (χ3v) is 2.90. The molecule has 0 saturated carbocycles. The first-order chi connectivity index (χ1) is 7.08. The van der Waals surface area contributed by atoms with E-state index in [-0.39, 0.29) is 0 Å². The molecular formula is C10H16N2O3. The Bertz CT molecular complexity index is 321. The van der Waals surface area contributed by atoms with Gasteiger partial charge in [-0.1, -0.05) is 5.16 Å². The Labute approximate surface area is 88.3 Å². The summed E-state index contributed by atoms with van der Waals surface area (Å²) in [6, 6.07) is 0. The number of hydrogen-bond acceptors (Lipinski definition) is 5. The van der Waals surface area contributed by atoms with Gasteiger partial charge in [-0.2, -0.15) is 0 Å². The Morgan fingerprint density at radius 2 is 1.93 bits per heavy atom. The van der Waals surface area contributed by atoms with Crippen LogP contribution in [0.25, 0.3) is 0 Å². The number of likely N-dealkylation sites (tertiary alicyclic amines) is 1. The highest BCUT2D eigenvalue weighted by molar-refractivity contribution is 5.20. The number of hydrogen-bond donors (Lipinski definition) is 2. The fraction of sp³-hybridized carbons (Fsp3) is 0.700. The number of rotatable bonds is 2. The van der Waals surface area contributed by atoms with Crippen molar-refractivity contribution in [2.75, 3.05) is 13.1 Å². The molecule has 2 N–H and O–H groups in total. The van der Waals surface area contributed by atoms with Crippen molar-refractivity contribution < 1.29 is 14.7 Å². The van der Waals surface area contributed by atoms with Crippen molar-refractivity contribution in [3.05, 3.63) is 17.0 Å². The number of aliphatic hydroxyl groups is 2. The molecule has 1 saturated heterocycles. The molecule has 0 bridgehead atoms. The number of aromatic nitrogens is 1. The SMILES string of the molecule is Cc1noc(C)c1CN1CC(O)C(O)C1. The first kappa shape index (κ1) is 10.6. The van der Waals surface area contributed by atoms with Crippen LogP contribution in [0.4, 0.5) is 0 Å². The molecule has 2 heterocycles. The maximum Gasteiger partial charge on any atom is 0.138 e. The minimum Gasteiger partial charge on any atom is -0.389 e. The van der Waals surface area contributed by atoms with Crippen molar-refractivity contribution in [2.45, 2.75) is 32.6 Å². The molecule has 5 heteroatoms. The highest BCUT2D eigenvalue weighted by atomic mass is 16.5. The van der Waals surface area contributed by atoms with Crippen molar-refractivity contribution in [1.82, 2.24) is 10.1 Å². The summed E-state index contributed by atoms with van der Waals surface area (Å²) in [5.74, 6) is 0.809. The van der Waals surface area contributed by atoms with Gasteiger partial charge in [0.15, 0.2) is 0 Å². The van der Waals surface area contributed by atoms with Gasteiger partial charge < -0.3 is 14.7 Å². The van der Waals surface area contributed by atoms with Gasteiger partial charge in [-0.25, -0.2) is 0 Å². The van der Waals surface area contributed by atoms with Crippen molar-refractivity contribution in [1.29, 1.82) is 0 Å². The lowest BCUT2D eigenvalue weighted by Gasteiger charge is -2.13. The van der Waals surface area contributed by atoms with E-state index < -0.39 is 12.2 Å². The highest BCUT2D eigenvalue weighted by Crippen LogP contribution is 2.18. The monoisotopic (exact) mass is 212 g/mol. The fourth-order valence-electron chi connectivity index (χ4n) is 1.93. The summed E-state index contributed by atoms with van der Waals surface area (Å²) in [6.45, 7) is 5.46. The molecule has 15 heavy (non-hydrogen) atoms. The molecule has 2 atom stereocenters. The molecular weight excluding hydrogens is 196 g/mol. The second-order valence-electron chi connectivity index (χ2n) is 4.13. The lowest BCUT2D eigenvalue weighted by Crippen LogP contribution is -2.22. The van der Waals surface area contributed by atoms with Gasteiger partial charge in [0, 0.05) is 25.2 Å². The molecule has 1 aromatic heterocycles. The van der Waals surface area contributed by atoms with Gasteiger partial charge in [-0.15, -0.1) is 0 Å². The van der Waals surface area contributed by atoms with E-state index in [1.807, 2.05) is 18.7 Å². The Hall–Kier alpha value is -0.910. The van der Waals surface area contributed by atoms with Crippen LogP contribution in [0, 0.1) is 13.8 Å². The van der Waals surface area contributed by atoms with Crippen LogP contribution < -0.4 is 0 Å². The van der Waals surface area contributed by atoms with Crippen LogP contribution in [0.2, 0.25) is 0 Å². The van der Waals surface area contributed by atoms with Crippen LogP contribution in [0.1, 0.15) is 17.0 Å².